The van der Waals surface area contributed by atoms with Gasteiger partial charge in [-0.05, 0) is 6.07 Å². The van der Waals surface area contributed by atoms with Gasteiger partial charge in [0.1, 0.15) is 6.54 Å². The van der Waals surface area contributed by atoms with E-state index in [1.54, 1.807) is 18.2 Å². The maximum atomic E-state index is 12.3. The first-order valence-electron chi connectivity index (χ1n) is 4.61. The summed E-state index contributed by atoms with van der Waals surface area (Å²) in [4.78, 5) is 3.86. The number of rotatable bonds is 2. The number of imidazole rings is 1. The van der Waals surface area contributed by atoms with Gasteiger partial charge in [-0.3, -0.25) is 0 Å². The predicted molar refractivity (Wildman–Crippen MR) is 51.7 cm³/mol. The number of hydrogen-bond acceptors (Lipinski definition) is 2. The number of para-hydroxylation sites is 1. The third kappa shape index (κ3) is 2.01. The van der Waals surface area contributed by atoms with Crippen LogP contribution in [0.2, 0.25) is 0 Å². The molecule has 0 radical (unpaired) electrons. The molecule has 2 rings (SSSR count). The average Bonchev–Trinajstić information content (AvgIpc) is 2.59. The Morgan fingerprint density at radius 2 is 2.06 bits per heavy atom. The number of aromatic nitrogens is 2. The minimum atomic E-state index is -4.30. The Balaban J connectivity index is 2.54. The van der Waals surface area contributed by atoms with Gasteiger partial charge < -0.3 is 9.67 Å². The van der Waals surface area contributed by atoms with Gasteiger partial charge in [0, 0.05) is 5.56 Å². The van der Waals surface area contributed by atoms with Crippen molar-refractivity contribution in [2.75, 3.05) is 0 Å². The van der Waals surface area contributed by atoms with Crippen molar-refractivity contribution in [2.45, 2.75) is 19.3 Å². The van der Waals surface area contributed by atoms with Gasteiger partial charge in [0.2, 0.25) is 0 Å². The van der Waals surface area contributed by atoms with Crippen LogP contribution in [0.25, 0.3) is 11.0 Å². The number of hydrogen-bond donors (Lipinski definition) is 1. The molecule has 0 saturated heterocycles. The molecule has 1 aromatic heterocycles. The first kappa shape index (κ1) is 10.9. The molecule has 0 aliphatic rings. The van der Waals surface area contributed by atoms with E-state index in [4.69, 9.17) is 5.11 Å². The zero-order valence-electron chi connectivity index (χ0n) is 8.20. The fourth-order valence-corrected chi connectivity index (χ4v) is 1.64. The topological polar surface area (TPSA) is 38.1 Å². The van der Waals surface area contributed by atoms with Crippen molar-refractivity contribution in [2.24, 2.45) is 0 Å². The lowest BCUT2D eigenvalue weighted by Gasteiger charge is -2.09. The maximum Gasteiger partial charge on any atom is 0.406 e. The second-order valence-electron chi connectivity index (χ2n) is 3.43. The zero-order valence-corrected chi connectivity index (χ0v) is 8.20. The average molecular weight is 230 g/mol. The van der Waals surface area contributed by atoms with Crippen molar-refractivity contribution in [3.8, 4) is 0 Å². The van der Waals surface area contributed by atoms with Gasteiger partial charge in [0.15, 0.2) is 0 Å². The monoisotopic (exact) mass is 230 g/mol. The highest BCUT2D eigenvalue weighted by Crippen LogP contribution is 2.23. The van der Waals surface area contributed by atoms with Gasteiger partial charge >= 0.3 is 6.18 Å². The van der Waals surface area contributed by atoms with Crippen LogP contribution < -0.4 is 0 Å². The minimum Gasteiger partial charge on any atom is -0.392 e. The lowest BCUT2D eigenvalue weighted by atomic mass is 10.2. The summed E-state index contributed by atoms with van der Waals surface area (Å²) in [7, 11) is 0. The first-order valence-corrected chi connectivity index (χ1v) is 4.61. The van der Waals surface area contributed by atoms with E-state index in [9.17, 15) is 13.2 Å². The Hall–Kier alpha value is -1.56. The normalized spacial score (nSPS) is 12.2. The van der Waals surface area contributed by atoms with Crippen LogP contribution in [0.15, 0.2) is 24.5 Å². The van der Waals surface area contributed by atoms with E-state index < -0.39 is 12.7 Å². The van der Waals surface area contributed by atoms with Crippen molar-refractivity contribution in [3.05, 3.63) is 30.1 Å². The van der Waals surface area contributed by atoms with Gasteiger partial charge in [-0.1, -0.05) is 12.1 Å². The SMILES string of the molecule is OCc1cccc2ncn(CC(F)(F)F)c12. The van der Waals surface area contributed by atoms with Crippen molar-refractivity contribution in [3.63, 3.8) is 0 Å². The summed E-state index contributed by atoms with van der Waals surface area (Å²) in [5, 5.41) is 9.05. The summed E-state index contributed by atoms with van der Waals surface area (Å²) in [6.45, 7) is -1.40. The molecule has 0 atom stereocenters. The molecule has 6 heteroatoms. The minimum absolute atomic E-state index is 0.305. The molecule has 0 fully saturated rings. The fraction of sp³-hybridized carbons (Fsp3) is 0.300. The van der Waals surface area contributed by atoms with Gasteiger partial charge in [0.25, 0.3) is 0 Å². The van der Waals surface area contributed by atoms with Gasteiger partial charge in [-0.15, -0.1) is 0 Å². The highest BCUT2D eigenvalue weighted by Gasteiger charge is 2.28. The van der Waals surface area contributed by atoms with E-state index in [2.05, 4.69) is 4.98 Å². The van der Waals surface area contributed by atoms with Crippen LogP contribution in [0.5, 0.6) is 0 Å². The van der Waals surface area contributed by atoms with Crippen LogP contribution >= 0.6 is 0 Å². The second kappa shape index (κ2) is 3.79. The third-order valence-corrected chi connectivity index (χ3v) is 2.24. The van der Waals surface area contributed by atoms with Crippen molar-refractivity contribution >= 4 is 11.0 Å². The molecule has 0 bridgehead atoms. The molecule has 86 valence electrons. The molecule has 0 saturated carbocycles. The fourth-order valence-electron chi connectivity index (χ4n) is 1.64. The number of halogens is 3. The molecule has 1 heterocycles. The van der Waals surface area contributed by atoms with E-state index in [1.807, 2.05) is 0 Å². The van der Waals surface area contributed by atoms with Crippen molar-refractivity contribution in [1.29, 1.82) is 0 Å². The van der Waals surface area contributed by atoms with Crippen LogP contribution in [-0.4, -0.2) is 20.8 Å². The number of fused-ring (bicyclic) bond motifs is 1. The third-order valence-electron chi connectivity index (χ3n) is 2.24. The summed E-state index contributed by atoms with van der Waals surface area (Å²) >= 11 is 0. The van der Waals surface area contributed by atoms with Crippen molar-refractivity contribution < 1.29 is 18.3 Å². The Labute approximate surface area is 89.1 Å². The Morgan fingerprint density at radius 3 is 2.69 bits per heavy atom. The molecule has 0 aliphatic heterocycles. The van der Waals surface area contributed by atoms with Crippen LogP contribution in [-0.2, 0) is 13.2 Å². The molecule has 3 nitrogen and oxygen atoms in total. The van der Waals surface area contributed by atoms with E-state index in [0.29, 0.717) is 16.6 Å². The number of nitrogens with zero attached hydrogens (tertiary/aromatic N) is 2. The molecular formula is C10H9F3N2O. The lowest BCUT2D eigenvalue weighted by Crippen LogP contribution is -2.17. The molecule has 16 heavy (non-hydrogen) atoms. The largest absolute Gasteiger partial charge is 0.406 e. The quantitative estimate of drug-likeness (QED) is 0.857. The number of benzene rings is 1. The highest BCUT2D eigenvalue weighted by atomic mass is 19.4. The summed E-state index contributed by atoms with van der Waals surface area (Å²) in [6, 6.07) is 4.84. The molecule has 0 unspecified atom stereocenters. The van der Waals surface area contributed by atoms with E-state index in [-0.39, 0.29) is 6.61 Å². The van der Waals surface area contributed by atoms with E-state index in [1.165, 1.54) is 0 Å². The highest BCUT2D eigenvalue weighted by molar-refractivity contribution is 5.78. The van der Waals surface area contributed by atoms with Crippen LogP contribution in [0.3, 0.4) is 0 Å². The standard InChI is InChI=1S/C10H9F3N2O/c11-10(12,13)5-15-6-14-8-3-1-2-7(4-16)9(8)15/h1-3,6,16H,4-5H2. The van der Waals surface area contributed by atoms with Gasteiger partial charge in [-0.2, -0.15) is 13.2 Å². The van der Waals surface area contributed by atoms with Crippen LogP contribution in [0.1, 0.15) is 5.56 Å². The molecular weight excluding hydrogens is 221 g/mol. The Kier molecular flexibility index (Phi) is 2.59. The number of aliphatic hydroxyl groups is 1. The van der Waals surface area contributed by atoms with E-state index in [0.717, 1.165) is 10.9 Å². The molecule has 0 amide bonds. The Bertz CT molecular complexity index is 504. The number of alkyl halides is 3. The second-order valence-corrected chi connectivity index (χ2v) is 3.43. The first-order chi connectivity index (χ1) is 7.51. The molecule has 2 aromatic rings. The summed E-state index contributed by atoms with van der Waals surface area (Å²) in [5.74, 6) is 0. The zero-order chi connectivity index (χ0) is 11.8. The smallest absolute Gasteiger partial charge is 0.392 e. The van der Waals surface area contributed by atoms with Crippen LogP contribution in [0, 0.1) is 0 Å². The van der Waals surface area contributed by atoms with Gasteiger partial charge in [-0.25, -0.2) is 4.98 Å². The lowest BCUT2D eigenvalue weighted by molar-refractivity contribution is -0.140. The molecule has 0 aliphatic carbocycles. The Morgan fingerprint density at radius 1 is 1.31 bits per heavy atom. The summed E-state index contributed by atoms with van der Waals surface area (Å²) in [5.41, 5.74) is 1.23. The predicted octanol–water partition coefficient (Wildman–Crippen LogP) is 2.09. The van der Waals surface area contributed by atoms with Crippen molar-refractivity contribution in [1.82, 2.24) is 9.55 Å². The van der Waals surface area contributed by atoms with Crippen LogP contribution in [0.4, 0.5) is 13.2 Å². The molecule has 1 aromatic carbocycles. The number of aliphatic hydroxyl groups excluding tert-OH is 1. The summed E-state index contributed by atoms with van der Waals surface area (Å²) < 4.78 is 37.8. The molecule has 0 spiro atoms. The van der Waals surface area contributed by atoms with E-state index >= 15 is 0 Å². The summed E-state index contributed by atoms with van der Waals surface area (Å²) in [6.07, 6.45) is -3.16. The maximum absolute atomic E-state index is 12.3. The molecule has 1 N–H and O–H groups in total. The van der Waals surface area contributed by atoms with Gasteiger partial charge in [0.05, 0.1) is 24.0 Å².